The minimum absolute atomic E-state index is 0.0511. The topological polar surface area (TPSA) is 46.9 Å². The van der Waals surface area contributed by atoms with Crippen molar-refractivity contribution in [3.63, 3.8) is 0 Å². The Morgan fingerprint density at radius 2 is 2.10 bits per heavy atom. The minimum Gasteiger partial charge on any atom is -0.356 e. The maximum absolute atomic E-state index is 11.5. The van der Waals surface area contributed by atoms with E-state index in [4.69, 9.17) is 0 Å². The zero-order chi connectivity index (χ0) is 14.5. The van der Waals surface area contributed by atoms with Crippen molar-refractivity contribution < 1.29 is 4.79 Å². The molecule has 0 aliphatic carbocycles. The smallest absolute Gasteiger partial charge is 0.222 e. The molecule has 1 N–H and O–H groups in total. The van der Waals surface area contributed by atoms with Gasteiger partial charge in [-0.3, -0.25) is 4.79 Å². The van der Waals surface area contributed by atoms with E-state index < -0.39 is 0 Å². The van der Waals surface area contributed by atoms with Gasteiger partial charge in [0.1, 0.15) is 5.82 Å². The largest absolute Gasteiger partial charge is 0.356 e. The van der Waals surface area contributed by atoms with Crippen molar-refractivity contribution in [2.24, 2.45) is 5.92 Å². The number of para-hydroxylation sites is 2. The summed E-state index contributed by atoms with van der Waals surface area (Å²) in [5, 5.41) is 2.95. The second-order valence-electron chi connectivity index (χ2n) is 5.31. The lowest BCUT2D eigenvalue weighted by Gasteiger charge is -2.08. The first-order chi connectivity index (χ1) is 9.63. The van der Waals surface area contributed by atoms with Gasteiger partial charge < -0.3 is 9.88 Å². The van der Waals surface area contributed by atoms with E-state index in [1.807, 2.05) is 32.0 Å². The third-order valence-electron chi connectivity index (χ3n) is 3.45. The van der Waals surface area contributed by atoms with Gasteiger partial charge in [0, 0.05) is 25.4 Å². The number of imidazole rings is 1. The van der Waals surface area contributed by atoms with Gasteiger partial charge in [0.05, 0.1) is 11.0 Å². The SMILES string of the molecule is CCn1c(CCCNC(=O)C(C)C)nc2ccccc21. The van der Waals surface area contributed by atoms with Crippen LogP contribution in [0.5, 0.6) is 0 Å². The van der Waals surface area contributed by atoms with Crippen LogP contribution in [-0.4, -0.2) is 22.0 Å². The molecule has 4 heteroatoms. The fourth-order valence-electron chi connectivity index (χ4n) is 2.33. The van der Waals surface area contributed by atoms with Gasteiger partial charge in [-0.1, -0.05) is 26.0 Å². The molecular weight excluding hydrogens is 250 g/mol. The summed E-state index contributed by atoms with van der Waals surface area (Å²) >= 11 is 0. The van der Waals surface area contributed by atoms with Gasteiger partial charge >= 0.3 is 0 Å². The van der Waals surface area contributed by atoms with E-state index in [1.54, 1.807) is 0 Å². The highest BCUT2D eigenvalue weighted by Gasteiger charge is 2.09. The van der Waals surface area contributed by atoms with Gasteiger partial charge in [-0.2, -0.15) is 0 Å². The van der Waals surface area contributed by atoms with Crippen LogP contribution in [0.4, 0.5) is 0 Å². The molecule has 0 unspecified atom stereocenters. The molecule has 1 amide bonds. The summed E-state index contributed by atoms with van der Waals surface area (Å²) in [5.41, 5.74) is 2.24. The van der Waals surface area contributed by atoms with Crippen LogP contribution >= 0.6 is 0 Å². The number of carbonyl (C=O) groups excluding carboxylic acids is 1. The Balaban J connectivity index is 1.98. The van der Waals surface area contributed by atoms with Crippen LogP contribution < -0.4 is 5.32 Å². The number of carbonyl (C=O) groups is 1. The van der Waals surface area contributed by atoms with Crippen molar-refractivity contribution in [3.8, 4) is 0 Å². The summed E-state index contributed by atoms with van der Waals surface area (Å²) < 4.78 is 2.25. The molecule has 0 saturated heterocycles. The van der Waals surface area contributed by atoms with Crippen LogP contribution in [0.25, 0.3) is 11.0 Å². The lowest BCUT2D eigenvalue weighted by molar-refractivity contribution is -0.123. The van der Waals surface area contributed by atoms with Crippen molar-refractivity contribution in [2.75, 3.05) is 6.54 Å². The van der Waals surface area contributed by atoms with Crippen molar-refractivity contribution in [3.05, 3.63) is 30.1 Å². The Morgan fingerprint density at radius 1 is 1.35 bits per heavy atom. The summed E-state index contributed by atoms with van der Waals surface area (Å²) in [6.07, 6.45) is 1.81. The van der Waals surface area contributed by atoms with Crippen LogP contribution in [-0.2, 0) is 17.8 Å². The number of nitrogens with zero attached hydrogens (tertiary/aromatic N) is 2. The molecular formula is C16H23N3O. The van der Waals surface area contributed by atoms with Gasteiger partial charge in [-0.05, 0) is 25.5 Å². The molecule has 0 fully saturated rings. The predicted octanol–water partition coefficient (Wildman–Crippen LogP) is 2.76. The number of aryl methyl sites for hydroxylation is 2. The first-order valence-electron chi connectivity index (χ1n) is 7.35. The van der Waals surface area contributed by atoms with E-state index in [0.717, 1.165) is 30.7 Å². The first-order valence-corrected chi connectivity index (χ1v) is 7.35. The number of fused-ring (bicyclic) bond motifs is 1. The van der Waals surface area contributed by atoms with Crippen molar-refractivity contribution >= 4 is 16.9 Å². The van der Waals surface area contributed by atoms with E-state index in [-0.39, 0.29) is 11.8 Å². The van der Waals surface area contributed by atoms with Gasteiger partial charge in [-0.15, -0.1) is 0 Å². The normalized spacial score (nSPS) is 11.2. The molecule has 0 bridgehead atoms. The van der Waals surface area contributed by atoms with E-state index in [9.17, 15) is 4.79 Å². The highest BCUT2D eigenvalue weighted by molar-refractivity contribution is 5.77. The molecule has 4 nitrogen and oxygen atoms in total. The lowest BCUT2D eigenvalue weighted by atomic mass is 10.2. The Labute approximate surface area is 120 Å². The number of nitrogens with one attached hydrogen (secondary N) is 1. The second kappa shape index (κ2) is 6.55. The fourth-order valence-corrected chi connectivity index (χ4v) is 2.33. The van der Waals surface area contributed by atoms with E-state index in [1.165, 1.54) is 5.52 Å². The highest BCUT2D eigenvalue weighted by Crippen LogP contribution is 2.16. The fraction of sp³-hybridized carbons (Fsp3) is 0.500. The number of aromatic nitrogens is 2. The van der Waals surface area contributed by atoms with Gasteiger partial charge in [0.15, 0.2) is 0 Å². The molecule has 0 aliphatic rings. The van der Waals surface area contributed by atoms with E-state index >= 15 is 0 Å². The molecule has 20 heavy (non-hydrogen) atoms. The molecule has 0 spiro atoms. The summed E-state index contributed by atoms with van der Waals surface area (Å²) in [6, 6.07) is 8.21. The standard InChI is InChI=1S/C16H23N3O/c1-4-19-14-9-6-5-8-13(14)18-15(19)10-7-11-17-16(20)12(2)3/h5-6,8-9,12H,4,7,10-11H2,1-3H3,(H,17,20). The maximum atomic E-state index is 11.5. The maximum Gasteiger partial charge on any atom is 0.222 e. The number of benzene rings is 1. The number of rotatable bonds is 6. The average Bonchev–Trinajstić information content (AvgIpc) is 2.80. The highest BCUT2D eigenvalue weighted by atomic mass is 16.1. The molecule has 1 heterocycles. The van der Waals surface area contributed by atoms with Crippen molar-refractivity contribution in [1.29, 1.82) is 0 Å². The minimum atomic E-state index is 0.0511. The van der Waals surface area contributed by atoms with Crippen molar-refractivity contribution in [2.45, 2.75) is 40.2 Å². The Hall–Kier alpha value is -1.84. The van der Waals surface area contributed by atoms with Crippen LogP contribution in [0.1, 0.15) is 33.0 Å². The zero-order valence-corrected chi connectivity index (χ0v) is 12.5. The Kier molecular flexibility index (Phi) is 4.77. The molecule has 0 radical (unpaired) electrons. The van der Waals surface area contributed by atoms with E-state index in [0.29, 0.717) is 6.54 Å². The summed E-state index contributed by atoms with van der Waals surface area (Å²) in [4.78, 5) is 16.2. The summed E-state index contributed by atoms with van der Waals surface area (Å²) in [6.45, 7) is 7.59. The third-order valence-corrected chi connectivity index (χ3v) is 3.45. The third kappa shape index (κ3) is 3.18. The van der Waals surface area contributed by atoms with Crippen LogP contribution in [0.15, 0.2) is 24.3 Å². The molecule has 1 aromatic heterocycles. The average molecular weight is 273 g/mol. The lowest BCUT2D eigenvalue weighted by Crippen LogP contribution is -2.28. The number of hydrogen-bond acceptors (Lipinski definition) is 2. The predicted molar refractivity (Wildman–Crippen MR) is 81.6 cm³/mol. The zero-order valence-electron chi connectivity index (χ0n) is 12.5. The van der Waals surface area contributed by atoms with Crippen LogP contribution in [0.3, 0.4) is 0 Å². The quantitative estimate of drug-likeness (QED) is 0.823. The molecule has 0 saturated carbocycles. The molecule has 0 atom stereocenters. The number of amides is 1. The van der Waals surface area contributed by atoms with Crippen molar-refractivity contribution in [1.82, 2.24) is 14.9 Å². The monoisotopic (exact) mass is 273 g/mol. The molecule has 108 valence electrons. The Bertz CT molecular complexity index is 586. The van der Waals surface area contributed by atoms with Gasteiger partial charge in [0.2, 0.25) is 5.91 Å². The van der Waals surface area contributed by atoms with E-state index in [2.05, 4.69) is 27.9 Å². The van der Waals surface area contributed by atoms with Gasteiger partial charge in [0.25, 0.3) is 0 Å². The second-order valence-corrected chi connectivity index (χ2v) is 5.31. The van der Waals surface area contributed by atoms with Crippen LogP contribution in [0.2, 0.25) is 0 Å². The number of hydrogen-bond donors (Lipinski definition) is 1. The molecule has 2 rings (SSSR count). The summed E-state index contributed by atoms with van der Waals surface area (Å²) in [7, 11) is 0. The molecule has 2 aromatic rings. The summed E-state index contributed by atoms with van der Waals surface area (Å²) in [5.74, 6) is 1.27. The molecule has 1 aromatic carbocycles. The molecule has 0 aliphatic heterocycles. The van der Waals surface area contributed by atoms with Crippen LogP contribution in [0, 0.1) is 5.92 Å². The Morgan fingerprint density at radius 3 is 2.80 bits per heavy atom. The van der Waals surface area contributed by atoms with Gasteiger partial charge in [-0.25, -0.2) is 4.98 Å². The first kappa shape index (κ1) is 14.6.